The van der Waals surface area contributed by atoms with Gasteiger partial charge in [-0.25, -0.2) is 4.98 Å². The Morgan fingerprint density at radius 1 is 0.909 bits per heavy atom. The first-order chi connectivity index (χ1) is 16.0. The molecule has 172 valence electrons. The van der Waals surface area contributed by atoms with E-state index in [-0.39, 0.29) is 0 Å². The minimum atomic E-state index is 0.400. The fraction of sp³-hybridized carbons (Fsp3) is 0.321. The average molecular weight is 463 g/mol. The van der Waals surface area contributed by atoms with Crippen LogP contribution in [0, 0.1) is 6.92 Å². The molecule has 0 fully saturated rings. The Labute approximate surface area is 201 Å². The van der Waals surface area contributed by atoms with Crippen molar-refractivity contribution in [1.82, 2.24) is 9.55 Å². The first kappa shape index (κ1) is 23.2. The maximum Gasteiger partial charge on any atom is 0.147 e. The van der Waals surface area contributed by atoms with Gasteiger partial charge < -0.3 is 14.0 Å². The molecule has 0 aliphatic heterocycles. The summed E-state index contributed by atoms with van der Waals surface area (Å²) < 4.78 is 14.4. The van der Waals surface area contributed by atoms with Gasteiger partial charge in [0, 0.05) is 6.54 Å². The van der Waals surface area contributed by atoms with E-state index in [1.54, 1.807) is 0 Å². The number of aromatic nitrogens is 2. The molecule has 0 saturated carbocycles. The first-order valence-corrected chi connectivity index (χ1v) is 12.0. The molecule has 0 spiro atoms. The minimum Gasteiger partial charge on any atom is -0.492 e. The number of benzene rings is 3. The lowest BCUT2D eigenvalue weighted by molar-refractivity contribution is 0.282. The number of unbranched alkanes of at least 4 members (excludes halogenated alkanes) is 1. The van der Waals surface area contributed by atoms with Gasteiger partial charge in [-0.1, -0.05) is 61.8 Å². The summed E-state index contributed by atoms with van der Waals surface area (Å²) in [7, 11) is 0. The third-order valence-electron chi connectivity index (χ3n) is 5.75. The first-order valence-electron chi connectivity index (χ1n) is 11.6. The molecule has 0 unspecified atom stereocenters. The summed E-state index contributed by atoms with van der Waals surface area (Å²) in [5.74, 6) is 3.02. The van der Waals surface area contributed by atoms with Crippen molar-refractivity contribution in [2.24, 2.45) is 0 Å². The van der Waals surface area contributed by atoms with Crippen LogP contribution in [0.2, 0.25) is 5.02 Å². The topological polar surface area (TPSA) is 36.3 Å². The van der Waals surface area contributed by atoms with E-state index in [2.05, 4.69) is 61.7 Å². The number of rotatable bonds is 10. The second kappa shape index (κ2) is 10.8. The number of halogens is 1. The van der Waals surface area contributed by atoms with Crippen molar-refractivity contribution in [3.8, 4) is 11.5 Å². The molecule has 0 bridgehead atoms. The van der Waals surface area contributed by atoms with Crippen LogP contribution in [-0.2, 0) is 13.2 Å². The molecular formula is C28H31ClN2O2. The quantitative estimate of drug-likeness (QED) is 0.228. The Morgan fingerprint density at radius 2 is 1.70 bits per heavy atom. The summed E-state index contributed by atoms with van der Waals surface area (Å²) in [5.41, 5.74) is 4.55. The summed E-state index contributed by atoms with van der Waals surface area (Å²) in [6.45, 7) is 8.40. The summed E-state index contributed by atoms with van der Waals surface area (Å²) in [5, 5.41) is 0.648. The smallest absolute Gasteiger partial charge is 0.147 e. The molecule has 0 N–H and O–H groups in total. The number of hydrogen-bond donors (Lipinski definition) is 0. The molecule has 3 aromatic carbocycles. The third-order valence-corrected chi connectivity index (χ3v) is 6.06. The molecule has 0 radical (unpaired) electrons. The van der Waals surface area contributed by atoms with Crippen LogP contribution >= 0.6 is 11.6 Å². The molecule has 0 atom stereocenters. The van der Waals surface area contributed by atoms with E-state index >= 15 is 0 Å². The van der Waals surface area contributed by atoms with Crippen molar-refractivity contribution >= 4 is 22.6 Å². The number of nitrogens with zero attached hydrogens (tertiary/aromatic N) is 2. The number of hydrogen-bond acceptors (Lipinski definition) is 3. The van der Waals surface area contributed by atoms with Crippen LogP contribution in [0.4, 0.5) is 0 Å². The van der Waals surface area contributed by atoms with Gasteiger partial charge in [-0.05, 0) is 67.1 Å². The normalized spacial score (nSPS) is 11.3. The monoisotopic (exact) mass is 462 g/mol. The Balaban J connectivity index is 1.44. The van der Waals surface area contributed by atoms with Crippen LogP contribution in [0.3, 0.4) is 0 Å². The number of aryl methyl sites for hydroxylation is 2. The van der Waals surface area contributed by atoms with Gasteiger partial charge in [0.15, 0.2) is 0 Å². The predicted octanol–water partition coefficient (Wildman–Crippen LogP) is 7.56. The van der Waals surface area contributed by atoms with Crippen molar-refractivity contribution in [3.05, 3.63) is 88.7 Å². The highest BCUT2D eigenvalue weighted by Gasteiger charge is 2.13. The van der Waals surface area contributed by atoms with Gasteiger partial charge in [0.05, 0.1) is 22.7 Å². The Morgan fingerprint density at radius 3 is 2.52 bits per heavy atom. The molecule has 4 nitrogen and oxygen atoms in total. The van der Waals surface area contributed by atoms with Gasteiger partial charge in [0.2, 0.25) is 0 Å². The largest absolute Gasteiger partial charge is 0.492 e. The van der Waals surface area contributed by atoms with Crippen molar-refractivity contribution in [3.63, 3.8) is 0 Å². The minimum absolute atomic E-state index is 0.400. The molecule has 4 aromatic rings. The third kappa shape index (κ3) is 5.69. The highest BCUT2D eigenvalue weighted by atomic mass is 35.5. The Kier molecular flexibility index (Phi) is 7.56. The van der Waals surface area contributed by atoms with Gasteiger partial charge in [0.25, 0.3) is 0 Å². The van der Waals surface area contributed by atoms with Gasteiger partial charge in [-0.15, -0.1) is 0 Å². The molecular weight excluding hydrogens is 432 g/mol. The molecule has 0 amide bonds. The van der Waals surface area contributed by atoms with E-state index in [9.17, 15) is 0 Å². The van der Waals surface area contributed by atoms with Crippen LogP contribution in [-0.4, -0.2) is 16.2 Å². The molecule has 4 rings (SSSR count). The van der Waals surface area contributed by atoms with Crippen molar-refractivity contribution in [1.29, 1.82) is 0 Å². The molecule has 1 heterocycles. The zero-order valence-corrected chi connectivity index (χ0v) is 20.3. The van der Waals surface area contributed by atoms with Crippen molar-refractivity contribution in [2.75, 3.05) is 6.61 Å². The summed E-state index contributed by atoms with van der Waals surface area (Å²) in [4.78, 5) is 4.87. The number of fused-ring (bicyclic) bond motifs is 1. The van der Waals surface area contributed by atoms with E-state index in [0.717, 1.165) is 47.7 Å². The van der Waals surface area contributed by atoms with E-state index in [1.165, 1.54) is 11.1 Å². The predicted molar refractivity (Wildman–Crippen MR) is 136 cm³/mol. The summed E-state index contributed by atoms with van der Waals surface area (Å²) in [6, 6.07) is 22.3. The van der Waals surface area contributed by atoms with Crippen LogP contribution in [0.5, 0.6) is 11.5 Å². The Hall–Kier alpha value is -2.98. The lowest BCUT2D eigenvalue weighted by Gasteiger charge is -2.16. The van der Waals surface area contributed by atoms with Gasteiger partial charge in [-0.3, -0.25) is 0 Å². The van der Waals surface area contributed by atoms with E-state index in [0.29, 0.717) is 24.2 Å². The average Bonchev–Trinajstić information content (AvgIpc) is 3.16. The molecule has 33 heavy (non-hydrogen) atoms. The summed E-state index contributed by atoms with van der Waals surface area (Å²) >= 11 is 6.18. The SMILES string of the molecule is Cc1ccc(C(C)C)c(OCc2nc3ccccc3n2CCCCOc2ccccc2Cl)c1. The van der Waals surface area contributed by atoms with E-state index in [4.69, 9.17) is 26.1 Å². The zero-order chi connectivity index (χ0) is 23.2. The van der Waals surface area contributed by atoms with Crippen LogP contribution in [0.1, 0.15) is 49.6 Å². The molecule has 0 saturated heterocycles. The van der Waals surface area contributed by atoms with Crippen LogP contribution in [0.15, 0.2) is 66.7 Å². The second-order valence-corrected chi connectivity index (χ2v) is 9.05. The maximum atomic E-state index is 6.31. The zero-order valence-electron chi connectivity index (χ0n) is 19.6. The maximum absolute atomic E-state index is 6.31. The summed E-state index contributed by atoms with van der Waals surface area (Å²) in [6.07, 6.45) is 1.90. The van der Waals surface area contributed by atoms with E-state index < -0.39 is 0 Å². The fourth-order valence-electron chi connectivity index (χ4n) is 3.99. The number of para-hydroxylation sites is 3. The number of imidazole rings is 1. The van der Waals surface area contributed by atoms with Crippen molar-refractivity contribution in [2.45, 2.75) is 52.7 Å². The van der Waals surface area contributed by atoms with Crippen LogP contribution in [0.25, 0.3) is 11.0 Å². The highest BCUT2D eigenvalue weighted by Crippen LogP contribution is 2.29. The van der Waals surface area contributed by atoms with E-state index in [1.807, 2.05) is 30.3 Å². The van der Waals surface area contributed by atoms with Gasteiger partial charge in [-0.2, -0.15) is 0 Å². The molecule has 0 aliphatic carbocycles. The lowest BCUT2D eigenvalue weighted by atomic mass is 10.0. The second-order valence-electron chi connectivity index (χ2n) is 8.64. The fourth-order valence-corrected chi connectivity index (χ4v) is 4.18. The standard InChI is InChI=1S/C28H31ClN2O2/c1-20(2)22-15-14-21(3)18-27(22)33-19-28-30-24-11-5-6-12-25(24)31(28)16-8-9-17-32-26-13-7-4-10-23(26)29/h4-7,10-15,18,20H,8-9,16-17,19H2,1-3H3. The Bertz CT molecular complexity index is 1220. The van der Waals surface area contributed by atoms with Gasteiger partial charge >= 0.3 is 0 Å². The van der Waals surface area contributed by atoms with Crippen molar-refractivity contribution < 1.29 is 9.47 Å². The molecule has 5 heteroatoms. The molecule has 0 aliphatic rings. The lowest BCUT2D eigenvalue weighted by Crippen LogP contribution is -2.09. The highest BCUT2D eigenvalue weighted by molar-refractivity contribution is 6.32. The molecule has 1 aromatic heterocycles. The van der Waals surface area contributed by atoms with Gasteiger partial charge in [0.1, 0.15) is 23.9 Å². The van der Waals surface area contributed by atoms with Crippen LogP contribution < -0.4 is 9.47 Å². The number of ether oxygens (including phenoxy) is 2.